The minimum atomic E-state index is -0.249. The van der Waals surface area contributed by atoms with Gasteiger partial charge in [0.1, 0.15) is 5.82 Å². The summed E-state index contributed by atoms with van der Waals surface area (Å²) in [5.41, 5.74) is 0.678. The number of halogens is 1. The molecule has 0 aliphatic carbocycles. The third-order valence-electron chi connectivity index (χ3n) is 2.43. The second-order valence-electron chi connectivity index (χ2n) is 3.88. The minimum absolute atomic E-state index is 0.196. The first-order valence-electron chi connectivity index (χ1n) is 5.73. The number of nitrogens with one attached hydrogen (secondary N) is 1. The van der Waals surface area contributed by atoms with Crippen LogP contribution < -0.4 is 5.69 Å². The van der Waals surface area contributed by atoms with Crippen molar-refractivity contribution in [3.63, 3.8) is 0 Å². The highest BCUT2D eigenvalue weighted by molar-refractivity contribution is 7.98. The highest BCUT2D eigenvalue weighted by atomic mass is 32.2. The molecule has 0 unspecified atom stereocenters. The van der Waals surface area contributed by atoms with E-state index in [1.54, 1.807) is 10.6 Å². The minimum Gasteiger partial charge on any atom is -0.270 e. The fraction of sp³-hybridized carbons (Fsp3) is 0.333. The number of hydrogen-bond donors (Lipinski definition) is 1. The summed E-state index contributed by atoms with van der Waals surface area (Å²) in [6.45, 7) is 2.64. The molecule has 96 valence electrons. The summed E-state index contributed by atoms with van der Waals surface area (Å²) in [6.07, 6.45) is 0.868. The topological polar surface area (TPSA) is 50.7 Å². The number of aromatic nitrogens is 3. The molecular weight excluding hydrogens is 253 g/mol. The zero-order chi connectivity index (χ0) is 13.0. The molecule has 4 nitrogen and oxygen atoms in total. The van der Waals surface area contributed by atoms with E-state index in [0.717, 1.165) is 12.0 Å². The quantitative estimate of drug-likeness (QED) is 0.846. The molecule has 1 aromatic heterocycles. The average Bonchev–Trinajstić information content (AvgIpc) is 2.69. The molecule has 0 radical (unpaired) electrons. The number of nitrogens with zero attached hydrogens (tertiary/aromatic N) is 2. The van der Waals surface area contributed by atoms with Crippen LogP contribution in [0.5, 0.6) is 0 Å². The Hall–Kier alpha value is -1.56. The maximum Gasteiger partial charge on any atom is 0.343 e. The van der Waals surface area contributed by atoms with Gasteiger partial charge >= 0.3 is 5.69 Å². The van der Waals surface area contributed by atoms with Gasteiger partial charge in [0.25, 0.3) is 0 Å². The van der Waals surface area contributed by atoms with Crippen molar-refractivity contribution < 1.29 is 4.39 Å². The van der Waals surface area contributed by atoms with Crippen LogP contribution in [0.2, 0.25) is 0 Å². The molecule has 0 bridgehead atoms. The van der Waals surface area contributed by atoms with E-state index in [9.17, 15) is 9.18 Å². The fourth-order valence-electron chi connectivity index (χ4n) is 1.61. The number of hydrogen-bond acceptors (Lipinski definition) is 3. The standard InChI is InChI=1S/C12H14FN3OS/c1-2-6-16-11(17)14-15-12(16)18-8-9-4-3-5-10(13)7-9/h3-5,7H,2,6,8H2,1H3,(H,14,17). The Balaban J connectivity index is 2.08. The summed E-state index contributed by atoms with van der Waals surface area (Å²) < 4.78 is 14.6. The number of thioether (sulfide) groups is 1. The lowest BCUT2D eigenvalue weighted by molar-refractivity contribution is 0.603. The summed E-state index contributed by atoms with van der Waals surface area (Å²) in [7, 11) is 0. The van der Waals surface area contributed by atoms with Crippen LogP contribution in [0.1, 0.15) is 18.9 Å². The molecule has 0 aliphatic rings. The van der Waals surface area contributed by atoms with E-state index in [0.29, 0.717) is 17.5 Å². The molecule has 0 atom stereocenters. The van der Waals surface area contributed by atoms with Crippen molar-refractivity contribution >= 4 is 11.8 Å². The second kappa shape index (κ2) is 5.86. The van der Waals surface area contributed by atoms with Crippen LogP contribution in [0.15, 0.2) is 34.2 Å². The molecular formula is C12H14FN3OS. The molecule has 0 spiro atoms. The van der Waals surface area contributed by atoms with Crippen LogP contribution >= 0.6 is 11.8 Å². The lowest BCUT2D eigenvalue weighted by atomic mass is 10.2. The van der Waals surface area contributed by atoms with Crippen LogP contribution in [0.25, 0.3) is 0 Å². The maximum atomic E-state index is 13.0. The van der Waals surface area contributed by atoms with Gasteiger partial charge in [0, 0.05) is 12.3 Å². The van der Waals surface area contributed by atoms with Crippen LogP contribution in [-0.2, 0) is 12.3 Å². The number of H-pyrrole nitrogens is 1. The summed E-state index contributed by atoms with van der Waals surface area (Å²) in [4.78, 5) is 11.5. The van der Waals surface area contributed by atoms with Gasteiger partial charge in [0.05, 0.1) is 0 Å². The van der Waals surface area contributed by atoms with Gasteiger partial charge in [-0.2, -0.15) is 0 Å². The first kappa shape index (κ1) is 12.9. The van der Waals surface area contributed by atoms with E-state index >= 15 is 0 Å². The predicted octanol–water partition coefficient (Wildman–Crippen LogP) is 2.41. The zero-order valence-electron chi connectivity index (χ0n) is 10.0. The maximum absolute atomic E-state index is 13.0. The van der Waals surface area contributed by atoms with Crippen molar-refractivity contribution in [2.75, 3.05) is 0 Å². The monoisotopic (exact) mass is 267 g/mol. The van der Waals surface area contributed by atoms with E-state index < -0.39 is 0 Å². The van der Waals surface area contributed by atoms with Gasteiger partial charge in [0.15, 0.2) is 5.16 Å². The van der Waals surface area contributed by atoms with E-state index in [-0.39, 0.29) is 11.5 Å². The Kier molecular flexibility index (Phi) is 4.19. The molecule has 0 saturated carbocycles. The van der Waals surface area contributed by atoms with Gasteiger partial charge < -0.3 is 0 Å². The molecule has 0 aliphatic heterocycles. The van der Waals surface area contributed by atoms with Crippen molar-refractivity contribution in [2.45, 2.75) is 30.8 Å². The van der Waals surface area contributed by atoms with Crippen LogP contribution in [0.3, 0.4) is 0 Å². The molecule has 6 heteroatoms. The lowest BCUT2D eigenvalue weighted by Gasteiger charge is -2.03. The van der Waals surface area contributed by atoms with Gasteiger partial charge in [-0.25, -0.2) is 14.3 Å². The molecule has 1 heterocycles. The molecule has 2 aromatic rings. The highest BCUT2D eigenvalue weighted by Crippen LogP contribution is 2.20. The number of benzene rings is 1. The van der Waals surface area contributed by atoms with E-state index in [2.05, 4.69) is 10.2 Å². The second-order valence-corrected chi connectivity index (χ2v) is 4.82. The highest BCUT2D eigenvalue weighted by Gasteiger charge is 2.08. The molecule has 0 amide bonds. The molecule has 2 rings (SSSR count). The Bertz CT molecular complexity index is 579. The first-order valence-corrected chi connectivity index (χ1v) is 6.71. The van der Waals surface area contributed by atoms with Crippen LogP contribution in [-0.4, -0.2) is 14.8 Å². The van der Waals surface area contributed by atoms with Crippen LogP contribution in [0.4, 0.5) is 4.39 Å². The lowest BCUT2D eigenvalue weighted by Crippen LogP contribution is -2.17. The third kappa shape index (κ3) is 3.01. The molecule has 0 saturated heterocycles. The summed E-state index contributed by atoms with van der Waals surface area (Å²) in [5.74, 6) is 0.340. The number of aromatic amines is 1. The zero-order valence-corrected chi connectivity index (χ0v) is 10.8. The summed E-state index contributed by atoms with van der Waals surface area (Å²) >= 11 is 1.42. The van der Waals surface area contributed by atoms with Crippen LogP contribution in [0, 0.1) is 5.82 Å². The Morgan fingerprint density at radius 2 is 2.33 bits per heavy atom. The summed E-state index contributed by atoms with van der Waals surface area (Å²) in [5, 5.41) is 7.04. The van der Waals surface area contributed by atoms with Gasteiger partial charge in [0.2, 0.25) is 0 Å². The first-order chi connectivity index (χ1) is 8.70. The van der Waals surface area contributed by atoms with E-state index in [1.807, 2.05) is 13.0 Å². The van der Waals surface area contributed by atoms with Crippen molar-refractivity contribution in [1.82, 2.24) is 14.8 Å². The van der Waals surface area contributed by atoms with Crippen molar-refractivity contribution in [1.29, 1.82) is 0 Å². The van der Waals surface area contributed by atoms with Crippen molar-refractivity contribution in [3.8, 4) is 0 Å². The summed E-state index contributed by atoms with van der Waals surface area (Å²) in [6, 6.07) is 6.43. The van der Waals surface area contributed by atoms with E-state index in [4.69, 9.17) is 0 Å². The number of rotatable bonds is 5. The third-order valence-corrected chi connectivity index (χ3v) is 3.47. The smallest absolute Gasteiger partial charge is 0.270 e. The van der Waals surface area contributed by atoms with Crippen molar-refractivity contribution in [2.24, 2.45) is 0 Å². The van der Waals surface area contributed by atoms with Gasteiger partial charge in [-0.1, -0.05) is 30.8 Å². The molecule has 1 aromatic carbocycles. The van der Waals surface area contributed by atoms with Gasteiger partial charge in [-0.15, -0.1) is 5.10 Å². The van der Waals surface area contributed by atoms with Gasteiger partial charge in [-0.05, 0) is 24.1 Å². The average molecular weight is 267 g/mol. The normalized spacial score (nSPS) is 10.8. The SMILES string of the molecule is CCCn1c(SCc2cccc(F)c2)n[nH]c1=O. The Morgan fingerprint density at radius 1 is 1.50 bits per heavy atom. The fourth-order valence-corrected chi connectivity index (χ4v) is 2.52. The molecule has 18 heavy (non-hydrogen) atoms. The Labute approximate surface area is 108 Å². The van der Waals surface area contributed by atoms with Gasteiger partial charge in [-0.3, -0.25) is 4.57 Å². The van der Waals surface area contributed by atoms with E-state index in [1.165, 1.54) is 23.9 Å². The van der Waals surface area contributed by atoms with Crippen molar-refractivity contribution in [3.05, 3.63) is 46.1 Å². The largest absolute Gasteiger partial charge is 0.343 e. The predicted molar refractivity (Wildman–Crippen MR) is 69.1 cm³/mol. The molecule has 1 N–H and O–H groups in total. The Morgan fingerprint density at radius 3 is 3.06 bits per heavy atom. The molecule has 0 fully saturated rings.